The number of hydrogen-bond acceptors (Lipinski definition) is 2. The number of aliphatic hydroxyl groups excluding tert-OH is 1. The summed E-state index contributed by atoms with van der Waals surface area (Å²) in [6, 6.07) is 7.84. The highest BCUT2D eigenvalue weighted by Crippen LogP contribution is 2.39. The molecule has 2 unspecified atom stereocenters. The molecule has 3 rings (SSSR count). The summed E-state index contributed by atoms with van der Waals surface area (Å²) in [7, 11) is 0. The van der Waals surface area contributed by atoms with Gasteiger partial charge in [0.2, 0.25) is 0 Å². The van der Waals surface area contributed by atoms with Gasteiger partial charge in [0.1, 0.15) is 11.9 Å². The van der Waals surface area contributed by atoms with Gasteiger partial charge in [0.25, 0.3) is 0 Å². The van der Waals surface area contributed by atoms with Crippen LogP contribution in [0.5, 0.6) is 5.75 Å². The maximum atomic E-state index is 10.2. The topological polar surface area (TPSA) is 29.5 Å². The van der Waals surface area contributed by atoms with E-state index in [-0.39, 0.29) is 12.2 Å². The van der Waals surface area contributed by atoms with Crippen LogP contribution < -0.4 is 4.74 Å². The molecule has 0 saturated heterocycles. The van der Waals surface area contributed by atoms with E-state index in [2.05, 4.69) is 12.2 Å². The van der Waals surface area contributed by atoms with Crippen LogP contribution in [0.2, 0.25) is 0 Å². The van der Waals surface area contributed by atoms with Gasteiger partial charge in [-0.2, -0.15) is 0 Å². The Morgan fingerprint density at radius 2 is 2.06 bits per heavy atom. The molecule has 0 bridgehead atoms. The van der Waals surface area contributed by atoms with Gasteiger partial charge in [-0.1, -0.05) is 30.4 Å². The Bertz CT molecular complexity index is 425. The van der Waals surface area contributed by atoms with Crippen LogP contribution >= 0.6 is 0 Å². The number of rotatable bonds is 1. The third-order valence-corrected chi connectivity index (χ3v) is 3.85. The minimum atomic E-state index is -0.365. The first kappa shape index (κ1) is 10.8. The highest BCUT2D eigenvalue weighted by atomic mass is 16.5. The first-order valence-electron chi connectivity index (χ1n) is 6.43. The summed E-state index contributed by atoms with van der Waals surface area (Å²) in [5.41, 5.74) is 0.940. The van der Waals surface area contributed by atoms with E-state index in [0.29, 0.717) is 5.92 Å². The molecule has 2 heteroatoms. The zero-order valence-corrected chi connectivity index (χ0v) is 9.88. The Hall–Kier alpha value is -1.28. The van der Waals surface area contributed by atoms with Gasteiger partial charge in [-0.3, -0.25) is 0 Å². The molecule has 1 heterocycles. The lowest BCUT2D eigenvalue weighted by Crippen LogP contribution is -2.33. The second kappa shape index (κ2) is 4.53. The van der Waals surface area contributed by atoms with Crippen LogP contribution in [0.15, 0.2) is 36.4 Å². The van der Waals surface area contributed by atoms with E-state index in [1.54, 1.807) is 0 Å². The lowest BCUT2D eigenvalue weighted by Gasteiger charge is -2.35. The number of allylic oxidation sites excluding steroid dienone is 2. The fourth-order valence-electron chi connectivity index (χ4n) is 2.86. The lowest BCUT2D eigenvalue weighted by atomic mass is 9.84. The second-order valence-corrected chi connectivity index (χ2v) is 4.99. The van der Waals surface area contributed by atoms with Crippen molar-refractivity contribution in [3.05, 3.63) is 42.0 Å². The summed E-state index contributed by atoms with van der Waals surface area (Å²) in [6.07, 6.45) is 8.42. The van der Waals surface area contributed by atoms with Gasteiger partial charge < -0.3 is 9.84 Å². The Kier molecular flexibility index (Phi) is 2.89. The minimum Gasteiger partial charge on any atom is -0.490 e. The Labute approximate surface area is 102 Å². The standard InChI is InChI=1S/C15H18O2/c16-13-10-15(11-6-2-1-3-7-11)17-14-9-5-4-8-12(13)14/h1-2,4-5,8-9,11,13,15-16H,3,6-7,10H2/t11?,13-,15?/m0/s1. The summed E-state index contributed by atoms with van der Waals surface area (Å²) in [6.45, 7) is 0. The summed E-state index contributed by atoms with van der Waals surface area (Å²) >= 11 is 0. The SMILES string of the molecule is O[C@H]1CC(C2CC=CCC2)Oc2ccccc21. The monoisotopic (exact) mass is 230 g/mol. The van der Waals surface area contributed by atoms with Gasteiger partial charge in [-0.25, -0.2) is 0 Å². The first-order valence-corrected chi connectivity index (χ1v) is 6.43. The van der Waals surface area contributed by atoms with Crippen LogP contribution in [0.1, 0.15) is 37.4 Å². The van der Waals surface area contributed by atoms with Crippen molar-refractivity contribution in [1.82, 2.24) is 0 Å². The summed E-state index contributed by atoms with van der Waals surface area (Å²) in [5, 5.41) is 10.2. The second-order valence-electron chi connectivity index (χ2n) is 4.99. The van der Waals surface area contributed by atoms with Crippen molar-refractivity contribution in [2.45, 2.75) is 37.9 Å². The van der Waals surface area contributed by atoms with E-state index >= 15 is 0 Å². The molecule has 1 aromatic carbocycles. The molecule has 0 radical (unpaired) electrons. The molecule has 90 valence electrons. The molecule has 0 aromatic heterocycles. The van der Waals surface area contributed by atoms with Crippen molar-refractivity contribution >= 4 is 0 Å². The maximum absolute atomic E-state index is 10.2. The molecule has 1 aliphatic carbocycles. The predicted octanol–water partition coefficient (Wildman–Crippen LogP) is 3.23. The molecule has 17 heavy (non-hydrogen) atoms. The molecule has 1 aromatic rings. The third kappa shape index (κ3) is 2.09. The number of aliphatic hydroxyl groups is 1. The molecule has 0 saturated carbocycles. The zero-order chi connectivity index (χ0) is 11.7. The van der Waals surface area contributed by atoms with Crippen molar-refractivity contribution in [1.29, 1.82) is 0 Å². The number of para-hydroxylation sites is 1. The van der Waals surface area contributed by atoms with Crippen molar-refractivity contribution in [3.8, 4) is 5.75 Å². The largest absolute Gasteiger partial charge is 0.490 e. The quantitative estimate of drug-likeness (QED) is 0.750. The van der Waals surface area contributed by atoms with Crippen LogP contribution in [0, 0.1) is 5.92 Å². The maximum Gasteiger partial charge on any atom is 0.125 e. The average Bonchev–Trinajstić information content (AvgIpc) is 2.40. The van der Waals surface area contributed by atoms with E-state index in [1.165, 1.54) is 6.42 Å². The number of ether oxygens (including phenoxy) is 1. The predicted molar refractivity (Wildman–Crippen MR) is 66.9 cm³/mol. The Balaban J connectivity index is 1.81. The van der Waals surface area contributed by atoms with Crippen LogP contribution in [0.4, 0.5) is 0 Å². The summed E-state index contributed by atoms with van der Waals surface area (Å²) in [5.74, 6) is 1.42. The zero-order valence-electron chi connectivity index (χ0n) is 9.88. The highest BCUT2D eigenvalue weighted by molar-refractivity contribution is 5.37. The minimum absolute atomic E-state index is 0.171. The van der Waals surface area contributed by atoms with Gasteiger partial charge in [0.15, 0.2) is 0 Å². The molecule has 1 aliphatic heterocycles. The van der Waals surface area contributed by atoms with Crippen LogP contribution in [-0.4, -0.2) is 11.2 Å². The first-order chi connectivity index (χ1) is 8.34. The fourth-order valence-corrected chi connectivity index (χ4v) is 2.86. The van der Waals surface area contributed by atoms with Gasteiger partial charge in [0, 0.05) is 12.0 Å². The highest BCUT2D eigenvalue weighted by Gasteiger charge is 2.31. The van der Waals surface area contributed by atoms with Crippen molar-refractivity contribution in [2.75, 3.05) is 0 Å². The molecule has 2 nitrogen and oxygen atoms in total. The lowest BCUT2D eigenvalue weighted by molar-refractivity contribution is 0.0315. The fraction of sp³-hybridized carbons (Fsp3) is 0.467. The molecular weight excluding hydrogens is 212 g/mol. The molecule has 0 amide bonds. The van der Waals surface area contributed by atoms with Crippen molar-refractivity contribution < 1.29 is 9.84 Å². The summed E-state index contributed by atoms with van der Waals surface area (Å²) < 4.78 is 6.05. The van der Waals surface area contributed by atoms with E-state index in [4.69, 9.17) is 4.74 Å². The third-order valence-electron chi connectivity index (χ3n) is 3.85. The number of fused-ring (bicyclic) bond motifs is 1. The van der Waals surface area contributed by atoms with Crippen molar-refractivity contribution in [2.24, 2.45) is 5.92 Å². The van der Waals surface area contributed by atoms with E-state index in [0.717, 1.165) is 30.6 Å². The Morgan fingerprint density at radius 1 is 1.18 bits per heavy atom. The molecular formula is C15H18O2. The molecule has 1 N–H and O–H groups in total. The van der Waals surface area contributed by atoms with E-state index < -0.39 is 0 Å². The number of benzene rings is 1. The molecule has 0 fully saturated rings. The molecule has 3 atom stereocenters. The van der Waals surface area contributed by atoms with Gasteiger partial charge in [-0.05, 0) is 31.2 Å². The summed E-state index contributed by atoms with van der Waals surface area (Å²) in [4.78, 5) is 0. The van der Waals surface area contributed by atoms with Gasteiger partial charge >= 0.3 is 0 Å². The Morgan fingerprint density at radius 3 is 2.88 bits per heavy atom. The van der Waals surface area contributed by atoms with E-state index in [9.17, 15) is 5.11 Å². The van der Waals surface area contributed by atoms with Crippen LogP contribution in [0.25, 0.3) is 0 Å². The number of hydrogen-bond donors (Lipinski definition) is 1. The van der Waals surface area contributed by atoms with Crippen molar-refractivity contribution in [3.63, 3.8) is 0 Å². The van der Waals surface area contributed by atoms with Crippen LogP contribution in [0.3, 0.4) is 0 Å². The smallest absolute Gasteiger partial charge is 0.125 e. The van der Waals surface area contributed by atoms with Gasteiger partial charge in [-0.15, -0.1) is 0 Å². The molecule has 0 spiro atoms. The van der Waals surface area contributed by atoms with Gasteiger partial charge in [0.05, 0.1) is 6.10 Å². The average molecular weight is 230 g/mol. The van der Waals surface area contributed by atoms with Crippen LogP contribution in [-0.2, 0) is 0 Å². The molecule has 2 aliphatic rings. The van der Waals surface area contributed by atoms with E-state index in [1.807, 2.05) is 24.3 Å². The normalized spacial score (nSPS) is 31.7.